The summed E-state index contributed by atoms with van der Waals surface area (Å²) >= 11 is 3.40. The second-order valence-corrected chi connectivity index (χ2v) is 5.98. The summed E-state index contributed by atoms with van der Waals surface area (Å²) < 4.78 is 1.02. The first-order valence-corrected chi connectivity index (χ1v) is 7.71. The van der Waals surface area contributed by atoms with Gasteiger partial charge in [-0.15, -0.1) is 0 Å². The van der Waals surface area contributed by atoms with Crippen LogP contribution in [-0.4, -0.2) is 5.91 Å². The molecule has 1 unspecified atom stereocenters. The molecule has 0 aliphatic heterocycles. The predicted molar refractivity (Wildman–Crippen MR) is 88.7 cm³/mol. The lowest BCUT2D eigenvalue weighted by atomic mass is 10.0. The lowest BCUT2D eigenvalue weighted by Gasteiger charge is -2.17. The molecular weight excluding hydrogens is 328 g/mol. The Labute approximate surface area is 133 Å². The van der Waals surface area contributed by atoms with E-state index in [1.807, 2.05) is 61.5 Å². The van der Waals surface area contributed by atoms with Gasteiger partial charge in [0.05, 0.1) is 6.04 Å². The van der Waals surface area contributed by atoms with Crippen LogP contribution in [0.1, 0.15) is 36.6 Å². The SMILES string of the molecule is C[C@@H](NC(=O)CC(N)c1ccccc1)c1ccc(Br)cc1. The van der Waals surface area contributed by atoms with E-state index in [4.69, 9.17) is 5.73 Å². The highest BCUT2D eigenvalue weighted by molar-refractivity contribution is 9.10. The quantitative estimate of drug-likeness (QED) is 0.866. The van der Waals surface area contributed by atoms with Crippen LogP contribution in [0.5, 0.6) is 0 Å². The molecule has 3 N–H and O–H groups in total. The maximum Gasteiger partial charge on any atom is 0.222 e. The minimum Gasteiger partial charge on any atom is -0.350 e. The Morgan fingerprint density at radius 2 is 1.71 bits per heavy atom. The van der Waals surface area contributed by atoms with Crippen LogP contribution in [0.4, 0.5) is 0 Å². The van der Waals surface area contributed by atoms with Gasteiger partial charge in [-0.25, -0.2) is 0 Å². The molecule has 2 aromatic carbocycles. The Bertz CT molecular complexity index is 583. The fourth-order valence-corrected chi connectivity index (χ4v) is 2.42. The Morgan fingerprint density at radius 1 is 1.10 bits per heavy atom. The maximum atomic E-state index is 12.1. The van der Waals surface area contributed by atoms with Crippen LogP contribution in [0.25, 0.3) is 0 Å². The van der Waals surface area contributed by atoms with Gasteiger partial charge in [-0.1, -0.05) is 58.4 Å². The van der Waals surface area contributed by atoms with Gasteiger partial charge in [0, 0.05) is 16.9 Å². The van der Waals surface area contributed by atoms with Gasteiger partial charge in [-0.05, 0) is 30.2 Å². The standard InChI is InChI=1S/C17H19BrN2O/c1-12(13-7-9-15(18)10-8-13)20-17(21)11-16(19)14-5-3-2-4-6-14/h2-10,12,16H,11,19H2,1H3,(H,20,21)/t12-,16?/m1/s1. The molecule has 0 heterocycles. The van der Waals surface area contributed by atoms with Gasteiger partial charge in [0.1, 0.15) is 0 Å². The number of amides is 1. The van der Waals surface area contributed by atoms with E-state index < -0.39 is 0 Å². The third kappa shape index (κ3) is 4.69. The zero-order chi connectivity index (χ0) is 15.2. The molecule has 0 saturated carbocycles. The summed E-state index contributed by atoms with van der Waals surface area (Å²) in [5.74, 6) is -0.0400. The highest BCUT2D eigenvalue weighted by Gasteiger charge is 2.14. The number of nitrogens with two attached hydrogens (primary N) is 1. The average Bonchev–Trinajstić information content (AvgIpc) is 2.48. The number of carbonyl (C=O) groups is 1. The molecule has 2 aromatic rings. The largest absolute Gasteiger partial charge is 0.350 e. The van der Waals surface area contributed by atoms with E-state index in [0.29, 0.717) is 0 Å². The van der Waals surface area contributed by atoms with Gasteiger partial charge in [-0.3, -0.25) is 4.79 Å². The molecule has 0 saturated heterocycles. The minimum atomic E-state index is -0.275. The fraction of sp³-hybridized carbons (Fsp3) is 0.235. The molecule has 0 aliphatic carbocycles. The van der Waals surface area contributed by atoms with Gasteiger partial charge in [0.25, 0.3) is 0 Å². The third-order valence-corrected chi connectivity index (χ3v) is 3.91. The summed E-state index contributed by atoms with van der Waals surface area (Å²) in [6.45, 7) is 1.97. The Balaban J connectivity index is 1.91. The van der Waals surface area contributed by atoms with Gasteiger partial charge >= 0.3 is 0 Å². The van der Waals surface area contributed by atoms with E-state index in [2.05, 4.69) is 21.2 Å². The molecule has 0 aromatic heterocycles. The first-order chi connectivity index (χ1) is 10.1. The Hall–Kier alpha value is -1.65. The van der Waals surface area contributed by atoms with Crippen LogP contribution in [0.2, 0.25) is 0 Å². The average molecular weight is 347 g/mol. The van der Waals surface area contributed by atoms with Crippen molar-refractivity contribution in [2.75, 3.05) is 0 Å². The summed E-state index contributed by atoms with van der Waals surface area (Å²) in [5.41, 5.74) is 8.11. The van der Waals surface area contributed by atoms with Gasteiger partial charge < -0.3 is 11.1 Å². The topological polar surface area (TPSA) is 55.1 Å². The van der Waals surface area contributed by atoms with Crippen molar-refractivity contribution in [2.45, 2.75) is 25.4 Å². The lowest BCUT2D eigenvalue weighted by molar-refractivity contribution is -0.122. The van der Waals surface area contributed by atoms with Crippen LogP contribution >= 0.6 is 15.9 Å². The number of halogens is 1. The van der Waals surface area contributed by atoms with E-state index in [-0.39, 0.29) is 24.4 Å². The molecule has 4 heteroatoms. The molecule has 0 radical (unpaired) electrons. The van der Waals surface area contributed by atoms with Gasteiger partial charge in [0.15, 0.2) is 0 Å². The van der Waals surface area contributed by atoms with Crippen molar-refractivity contribution >= 4 is 21.8 Å². The second kappa shape index (κ2) is 7.38. The first kappa shape index (κ1) is 15.7. The molecule has 0 bridgehead atoms. The van der Waals surface area contributed by atoms with E-state index >= 15 is 0 Å². The van der Waals surface area contributed by atoms with Crippen molar-refractivity contribution in [1.29, 1.82) is 0 Å². The zero-order valence-corrected chi connectivity index (χ0v) is 13.5. The Kier molecular flexibility index (Phi) is 5.53. The molecule has 0 spiro atoms. The number of hydrogen-bond acceptors (Lipinski definition) is 2. The van der Waals surface area contributed by atoms with Crippen LogP contribution in [0.15, 0.2) is 59.1 Å². The second-order valence-electron chi connectivity index (χ2n) is 5.06. The first-order valence-electron chi connectivity index (χ1n) is 6.91. The number of nitrogens with one attached hydrogen (secondary N) is 1. The predicted octanol–water partition coefficient (Wildman–Crippen LogP) is 3.72. The molecule has 2 atom stereocenters. The van der Waals surface area contributed by atoms with Crippen LogP contribution < -0.4 is 11.1 Å². The smallest absolute Gasteiger partial charge is 0.222 e. The molecule has 1 amide bonds. The van der Waals surface area contributed by atoms with Crippen molar-refractivity contribution in [1.82, 2.24) is 5.32 Å². The number of benzene rings is 2. The van der Waals surface area contributed by atoms with Crippen molar-refractivity contribution in [3.05, 3.63) is 70.2 Å². The van der Waals surface area contributed by atoms with E-state index in [1.165, 1.54) is 0 Å². The van der Waals surface area contributed by atoms with Gasteiger partial charge in [0.2, 0.25) is 5.91 Å². The van der Waals surface area contributed by atoms with Gasteiger partial charge in [-0.2, -0.15) is 0 Å². The van der Waals surface area contributed by atoms with Crippen molar-refractivity contribution in [2.24, 2.45) is 5.73 Å². The number of hydrogen-bond donors (Lipinski definition) is 2. The van der Waals surface area contributed by atoms with Crippen LogP contribution in [-0.2, 0) is 4.79 Å². The summed E-state index contributed by atoms with van der Waals surface area (Å²) in [5, 5.41) is 2.98. The van der Waals surface area contributed by atoms with E-state index in [1.54, 1.807) is 0 Å². The summed E-state index contributed by atoms with van der Waals surface area (Å²) in [4.78, 5) is 12.1. The van der Waals surface area contributed by atoms with Crippen molar-refractivity contribution < 1.29 is 4.79 Å². The fourth-order valence-electron chi connectivity index (χ4n) is 2.15. The monoisotopic (exact) mass is 346 g/mol. The van der Waals surface area contributed by atoms with Crippen LogP contribution in [0, 0.1) is 0 Å². The number of carbonyl (C=O) groups excluding carboxylic acids is 1. The normalized spacial score (nSPS) is 13.5. The molecule has 3 nitrogen and oxygen atoms in total. The highest BCUT2D eigenvalue weighted by atomic mass is 79.9. The van der Waals surface area contributed by atoms with Crippen LogP contribution in [0.3, 0.4) is 0 Å². The summed E-state index contributed by atoms with van der Waals surface area (Å²) in [6, 6.07) is 17.3. The van der Waals surface area contributed by atoms with E-state index in [9.17, 15) is 4.79 Å². The number of rotatable bonds is 5. The third-order valence-electron chi connectivity index (χ3n) is 3.38. The summed E-state index contributed by atoms with van der Waals surface area (Å²) in [7, 11) is 0. The molecule has 0 aliphatic rings. The Morgan fingerprint density at radius 3 is 2.33 bits per heavy atom. The molecular formula is C17H19BrN2O. The van der Waals surface area contributed by atoms with E-state index in [0.717, 1.165) is 15.6 Å². The van der Waals surface area contributed by atoms with Crippen molar-refractivity contribution in [3.63, 3.8) is 0 Å². The molecule has 0 fully saturated rings. The zero-order valence-electron chi connectivity index (χ0n) is 11.9. The lowest BCUT2D eigenvalue weighted by Crippen LogP contribution is -2.29. The molecule has 110 valence electrons. The molecule has 2 rings (SSSR count). The molecule has 21 heavy (non-hydrogen) atoms. The maximum absolute atomic E-state index is 12.1. The summed E-state index contributed by atoms with van der Waals surface area (Å²) in [6.07, 6.45) is 0.283. The van der Waals surface area contributed by atoms with Crippen molar-refractivity contribution in [3.8, 4) is 0 Å². The highest BCUT2D eigenvalue weighted by Crippen LogP contribution is 2.18. The minimum absolute atomic E-state index is 0.0337.